The zero-order chi connectivity index (χ0) is 29.3. The molecule has 220 valence electrons. The average molecular weight is 572 g/mol. The van der Waals surface area contributed by atoms with E-state index in [2.05, 4.69) is 26.9 Å². The lowest BCUT2D eigenvalue weighted by Crippen LogP contribution is -2.60. The van der Waals surface area contributed by atoms with Crippen molar-refractivity contribution in [3.05, 3.63) is 64.4 Å². The summed E-state index contributed by atoms with van der Waals surface area (Å²) in [4.78, 5) is 19.2. The molecule has 0 radical (unpaired) electrons. The van der Waals surface area contributed by atoms with Gasteiger partial charge in [-0.05, 0) is 36.5 Å². The molecule has 3 aliphatic rings. The summed E-state index contributed by atoms with van der Waals surface area (Å²) in [5.74, 6) is -1.77. The number of hydrogen-bond donors (Lipinski definition) is 6. The van der Waals surface area contributed by atoms with Gasteiger partial charge < -0.3 is 49.7 Å². The number of aliphatic hydroxyl groups is 4. The molecule has 14 nitrogen and oxygen atoms in total. The Morgan fingerprint density at radius 3 is 2.78 bits per heavy atom. The van der Waals surface area contributed by atoms with Crippen molar-refractivity contribution in [3.8, 4) is 0 Å². The van der Waals surface area contributed by atoms with E-state index in [1.165, 1.54) is 13.4 Å². The number of carbonyl (C=O) groups is 1. The fourth-order valence-electron chi connectivity index (χ4n) is 5.96. The van der Waals surface area contributed by atoms with E-state index in [9.17, 15) is 25.2 Å². The van der Waals surface area contributed by atoms with Crippen molar-refractivity contribution in [1.29, 1.82) is 0 Å². The molecule has 0 unspecified atom stereocenters. The number of carbonyl (C=O) groups excluding carboxylic acids is 1. The second-order valence-corrected chi connectivity index (χ2v) is 10.2. The number of aromatic nitrogens is 1. The van der Waals surface area contributed by atoms with Gasteiger partial charge in [-0.2, -0.15) is 0 Å². The molecule has 2 aromatic rings. The Kier molecular flexibility index (Phi) is 8.63. The Bertz CT molecular complexity index is 1370. The van der Waals surface area contributed by atoms with Gasteiger partial charge in [-0.25, -0.2) is 4.79 Å². The maximum absolute atomic E-state index is 12.8. The minimum absolute atomic E-state index is 0.253. The predicted molar refractivity (Wildman–Crippen MR) is 143 cm³/mol. The number of rotatable bonds is 8. The number of esters is 1. The van der Waals surface area contributed by atoms with Crippen molar-refractivity contribution in [2.45, 2.75) is 55.9 Å². The summed E-state index contributed by atoms with van der Waals surface area (Å²) in [6, 6.07) is 5.23. The first-order chi connectivity index (χ1) is 19.8. The first-order valence-corrected chi connectivity index (χ1v) is 13.3. The first kappa shape index (κ1) is 29.0. The number of nitrogens with one attached hydrogen (secondary N) is 2. The molecular formula is C27H33N5O9. The van der Waals surface area contributed by atoms with Crippen LogP contribution in [0.5, 0.6) is 0 Å². The molecule has 41 heavy (non-hydrogen) atoms. The molecule has 0 amide bonds. The van der Waals surface area contributed by atoms with Gasteiger partial charge in [0.15, 0.2) is 6.29 Å². The summed E-state index contributed by atoms with van der Waals surface area (Å²) < 4.78 is 22.2. The molecule has 1 aromatic heterocycles. The molecule has 6 N–H and O–H groups in total. The molecule has 0 aliphatic carbocycles. The average Bonchev–Trinajstić information content (AvgIpc) is 3.38. The lowest BCUT2D eigenvalue weighted by atomic mass is 9.78. The molecule has 1 fully saturated rings. The van der Waals surface area contributed by atoms with Crippen molar-refractivity contribution in [1.82, 2.24) is 10.3 Å². The van der Waals surface area contributed by atoms with E-state index >= 15 is 0 Å². The summed E-state index contributed by atoms with van der Waals surface area (Å²) in [6.07, 6.45) is -4.61. The second kappa shape index (κ2) is 12.2. The van der Waals surface area contributed by atoms with E-state index in [4.69, 9.17) is 24.5 Å². The van der Waals surface area contributed by atoms with Crippen molar-refractivity contribution < 1.29 is 44.2 Å². The van der Waals surface area contributed by atoms with Crippen LogP contribution in [0.25, 0.3) is 21.3 Å². The van der Waals surface area contributed by atoms with E-state index in [0.29, 0.717) is 25.1 Å². The van der Waals surface area contributed by atoms with E-state index in [-0.39, 0.29) is 11.6 Å². The second-order valence-electron chi connectivity index (χ2n) is 10.2. The number of ether oxygens (including phenoxy) is 4. The Morgan fingerprint density at radius 2 is 2.07 bits per heavy atom. The zero-order valence-electron chi connectivity index (χ0n) is 22.3. The highest BCUT2D eigenvalue weighted by atomic mass is 16.8. The third-order valence-electron chi connectivity index (χ3n) is 8.01. The van der Waals surface area contributed by atoms with Crippen LogP contribution in [0.2, 0.25) is 0 Å². The molecule has 0 saturated carbocycles. The van der Waals surface area contributed by atoms with Crippen LogP contribution in [-0.2, 0) is 30.2 Å². The number of benzene rings is 1. The standard InChI is InChI=1S/C27H33N5O9/c1-3-12-14(9-18-21-13(7-8-29-18)20-16(30-21)5-4-6-17(20)31-32-28)15(25(37)38-2)11-39-26(12)41-27-24(36)23(35)22(34)19(10-33)40-27/h3-6,11-12,14,18-19,22-24,26-27,29-30,33-36H,1,7-10H2,2H3/t12-,14+,18+,19-,22-,23+,24-,26+,27+/m1/s1. The van der Waals surface area contributed by atoms with E-state index in [1.54, 1.807) is 12.1 Å². The fraction of sp³-hybridized carbons (Fsp3) is 0.519. The summed E-state index contributed by atoms with van der Waals surface area (Å²) in [7, 11) is 1.27. The largest absolute Gasteiger partial charge is 0.471 e. The highest BCUT2D eigenvalue weighted by molar-refractivity contribution is 5.95. The predicted octanol–water partition coefficient (Wildman–Crippen LogP) is 1.33. The number of aliphatic hydroxyl groups excluding tert-OH is 4. The molecule has 0 spiro atoms. The van der Waals surface area contributed by atoms with Gasteiger partial charge in [0.2, 0.25) is 6.29 Å². The third kappa shape index (κ3) is 5.32. The molecule has 4 heterocycles. The van der Waals surface area contributed by atoms with E-state index in [1.807, 2.05) is 12.1 Å². The molecule has 1 saturated heterocycles. The number of H-pyrrole nitrogens is 1. The molecule has 14 heteroatoms. The third-order valence-corrected chi connectivity index (χ3v) is 8.01. The number of hydrogen-bond acceptors (Lipinski definition) is 11. The molecule has 0 bridgehead atoms. The molecule has 3 aliphatic heterocycles. The van der Waals surface area contributed by atoms with E-state index < -0.39 is 61.4 Å². The van der Waals surface area contributed by atoms with Gasteiger partial charge in [0.05, 0.1) is 25.6 Å². The Balaban J connectivity index is 1.46. The van der Waals surface area contributed by atoms with Gasteiger partial charge in [-0.3, -0.25) is 0 Å². The highest BCUT2D eigenvalue weighted by Crippen LogP contribution is 2.43. The summed E-state index contributed by atoms with van der Waals surface area (Å²) in [5.41, 5.74) is 12.6. The Morgan fingerprint density at radius 1 is 1.27 bits per heavy atom. The molecule has 5 rings (SSSR count). The maximum Gasteiger partial charge on any atom is 0.337 e. The monoisotopic (exact) mass is 571 g/mol. The molecular weight excluding hydrogens is 538 g/mol. The van der Waals surface area contributed by atoms with Crippen LogP contribution in [0, 0.1) is 11.8 Å². The van der Waals surface area contributed by atoms with Crippen LogP contribution in [0.1, 0.15) is 23.7 Å². The lowest BCUT2D eigenvalue weighted by Gasteiger charge is -2.43. The smallest absolute Gasteiger partial charge is 0.337 e. The van der Waals surface area contributed by atoms with Crippen molar-refractivity contribution in [3.63, 3.8) is 0 Å². The minimum atomic E-state index is -1.63. The van der Waals surface area contributed by atoms with Crippen molar-refractivity contribution >= 4 is 22.6 Å². The molecule has 1 aromatic carbocycles. The van der Waals surface area contributed by atoms with Gasteiger partial charge in [0, 0.05) is 45.1 Å². The van der Waals surface area contributed by atoms with Gasteiger partial charge >= 0.3 is 5.97 Å². The van der Waals surface area contributed by atoms with Gasteiger partial charge in [0.25, 0.3) is 0 Å². The van der Waals surface area contributed by atoms with Crippen molar-refractivity contribution in [2.24, 2.45) is 17.0 Å². The fourth-order valence-corrected chi connectivity index (χ4v) is 5.96. The number of azide groups is 1. The van der Waals surface area contributed by atoms with Gasteiger partial charge in [0.1, 0.15) is 24.4 Å². The zero-order valence-corrected chi connectivity index (χ0v) is 22.3. The van der Waals surface area contributed by atoms with Crippen LogP contribution >= 0.6 is 0 Å². The summed E-state index contributed by atoms with van der Waals surface area (Å²) in [6.45, 7) is 3.96. The summed E-state index contributed by atoms with van der Waals surface area (Å²) >= 11 is 0. The minimum Gasteiger partial charge on any atom is -0.471 e. The van der Waals surface area contributed by atoms with E-state index in [0.717, 1.165) is 22.2 Å². The van der Waals surface area contributed by atoms with Crippen molar-refractivity contribution in [2.75, 3.05) is 20.3 Å². The first-order valence-electron chi connectivity index (χ1n) is 13.3. The van der Waals surface area contributed by atoms with Crippen LogP contribution in [0.3, 0.4) is 0 Å². The molecule has 9 atom stereocenters. The number of aromatic amines is 1. The van der Waals surface area contributed by atoms with Crippen LogP contribution in [-0.4, -0.2) is 88.6 Å². The Hall–Kier alpha value is -3.46. The number of nitrogens with zero attached hydrogens (tertiary/aromatic N) is 3. The SMILES string of the molecule is C=C[C@H]1[C@H](O[C@@H]2O[C@H](CO)[C@@H](O)[C@H](O)[C@H]2O)OC=C(C(=O)OC)[C@H]1C[C@@H]1NCCc2c1[nH]c1cccc(N=[N+]=[N-])c21. The highest BCUT2D eigenvalue weighted by Gasteiger charge is 2.48. The van der Waals surface area contributed by atoms with Crippen LogP contribution < -0.4 is 5.32 Å². The summed E-state index contributed by atoms with van der Waals surface area (Å²) in [5, 5.41) is 48.6. The van der Waals surface area contributed by atoms with Gasteiger partial charge in [-0.1, -0.05) is 23.3 Å². The van der Waals surface area contributed by atoms with Gasteiger partial charge in [-0.15, -0.1) is 6.58 Å². The topological polar surface area (TPSA) is 211 Å². The lowest BCUT2D eigenvalue weighted by molar-refractivity contribution is -0.339. The quantitative estimate of drug-likeness (QED) is 0.0879. The number of methoxy groups -OCH3 is 1. The normalized spacial score (nSPS) is 33.2. The van der Waals surface area contributed by atoms with Crippen LogP contribution in [0.15, 0.2) is 47.8 Å². The number of fused-ring (bicyclic) bond motifs is 3. The maximum atomic E-state index is 12.8. The van der Waals surface area contributed by atoms with Crippen LogP contribution in [0.4, 0.5) is 5.69 Å². The Labute approximate surface area is 234 Å².